The Morgan fingerprint density at radius 2 is 1.77 bits per heavy atom. The molecule has 0 bridgehead atoms. The number of halogens is 8. The molecule has 0 spiro atoms. The van der Waals surface area contributed by atoms with Crippen LogP contribution in [0.25, 0.3) is 0 Å². The van der Waals surface area contributed by atoms with Gasteiger partial charge in [0.25, 0.3) is 6.43 Å². The fraction of sp³-hybridized carbons (Fsp3) is 0.500. The first-order chi connectivity index (χ1) is 9.98. The zero-order chi connectivity index (χ0) is 16.9. The van der Waals surface area contributed by atoms with E-state index in [1.807, 2.05) is 0 Å². The van der Waals surface area contributed by atoms with E-state index in [0.717, 1.165) is 0 Å². The Hall–Kier alpha value is -1.58. The highest BCUT2D eigenvalue weighted by Crippen LogP contribution is 2.57. The zero-order valence-corrected chi connectivity index (χ0v) is 10.5. The quantitative estimate of drug-likeness (QED) is 0.844. The molecule has 22 heavy (non-hydrogen) atoms. The second-order valence-corrected chi connectivity index (χ2v) is 4.58. The average Bonchev–Trinajstić information content (AvgIpc) is 2.57. The lowest BCUT2D eigenvalue weighted by atomic mass is 10.0. The summed E-state index contributed by atoms with van der Waals surface area (Å²) < 4.78 is 108. The number of aliphatic hydroxyl groups is 1. The van der Waals surface area contributed by atoms with Gasteiger partial charge in [-0.15, -0.1) is 0 Å². The van der Waals surface area contributed by atoms with Crippen molar-refractivity contribution >= 4 is 0 Å². The molecule has 1 aromatic carbocycles. The fourth-order valence-corrected chi connectivity index (χ4v) is 2.22. The standard InChI is InChI=1S/C12H8F8O2/c13-6(14)3-22-5-2-1-4(12(18,19)20)7-8(5)10(21)11(16,17)9(7)15/h1-2,6,9-10,21H,3H2. The van der Waals surface area contributed by atoms with Gasteiger partial charge in [0.05, 0.1) is 5.56 Å². The summed E-state index contributed by atoms with van der Waals surface area (Å²) in [7, 11) is 0. The van der Waals surface area contributed by atoms with Gasteiger partial charge in [-0.2, -0.15) is 22.0 Å². The second-order valence-electron chi connectivity index (χ2n) is 4.58. The maximum absolute atomic E-state index is 13.7. The molecule has 2 atom stereocenters. The molecular formula is C12H8F8O2. The lowest BCUT2D eigenvalue weighted by Crippen LogP contribution is -2.24. The number of fused-ring (bicyclic) bond motifs is 1. The highest BCUT2D eigenvalue weighted by molar-refractivity contribution is 5.53. The Labute approximate surface area is 118 Å². The minimum absolute atomic E-state index is 0.250. The number of benzene rings is 1. The van der Waals surface area contributed by atoms with Gasteiger partial charge in [0, 0.05) is 11.1 Å². The third kappa shape index (κ3) is 2.59. The Balaban J connectivity index is 2.61. The monoisotopic (exact) mass is 336 g/mol. The third-order valence-electron chi connectivity index (χ3n) is 3.15. The lowest BCUT2D eigenvalue weighted by molar-refractivity contribution is -0.149. The van der Waals surface area contributed by atoms with Crippen LogP contribution in [0.3, 0.4) is 0 Å². The van der Waals surface area contributed by atoms with E-state index >= 15 is 0 Å². The van der Waals surface area contributed by atoms with Crippen LogP contribution in [0.5, 0.6) is 5.75 Å². The molecule has 2 nitrogen and oxygen atoms in total. The van der Waals surface area contributed by atoms with Crippen molar-refractivity contribution in [2.45, 2.75) is 30.8 Å². The molecule has 2 unspecified atom stereocenters. The van der Waals surface area contributed by atoms with Crippen LogP contribution in [0.2, 0.25) is 0 Å². The molecule has 124 valence electrons. The molecule has 0 saturated carbocycles. The Kier molecular flexibility index (Phi) is 4.01. The number of alkyl halides is 8. The van der Waals surface area contributed by atoms with Crippen LogP contribution in [0.1, 0.15) is 29.0 Å². The molecule has 0 heterocycles. The molecule has 10 heteroatoms. The molecule has 0 saturated heterocycles. The predicted octanol–water partition coefficient (Wildman–Crippen LogP) is 4.04. The van der Waals surface area contributed by atoms with Gasteiger partial charge in [-0.3, -0.25) is 0 Å². The molecule has 0 aliphatic heterocycles. The van der Waals surface area contributed by atoms with Gasteiger partial charge in [0.15, 0.2) is 6.17 Å². The van der Waals surface area contributed by atoms with Crippen LogP contribution in [-0.2, 0) is 6.18 Å². The Morgan fingerprint density at radius 1 is 1.18 bits per heavy atom. The van der Waals surface area contributed by atoms with E-state index in [4.69, 9.17) is 0 Å². The van der Waals surface area contributed by atoms with Gasteiger partial charge >= 0.3 is 12.1 Å². The summed E-state index contributed by atoms with van der Waals surface area (Å²) in [5.74, 6) is -5.36. The first-order valence-corrected chi connectivity index (χ1v) is 5.82. The number of ether oxygens (including phenoxy) is 1. The topological polar surface area (TPSA) is 29.5 Å². The number of rotatable bonds is 3. The first-order valence-electron chi connectivity index (χ1n) is 5.82. The van der Waals surface area contributed by atoms with Crippen LogP contribution in [0, 0.1) is 0 Å². The molecule has 0 radical (unpaired) electrons. The molecule has 0 aromatic heterocycles. The largest absolute Gasteiger partial charge is 0.487 e. The molecular weight excluding hydrogens is 328 g/mol. The summed E-state index contributed by atoms with van der Waals surface area (Å²) in [6, 6.07) is 0.752. The molecule has 2 rings (SSSR count). The highest BCUT2D eigenvalue weighted by Gasteiger charge is 2.60. The third-order valence-corrected chi connectivity index (χ3v) is 3.15. The lowest BCUT2D eigenvalue weighted by Gasteiger charge is -2.17. The maximum Gasteiger partial charge on any atom is 0.416 e. The summed E-state index contributed by atoms with van der Waals surface area (Å²) in [6.07, 6.45) is -14.5. The van der Waals surface area contributed by atoms with Crippen LogP contribution < -0.4 is 4.74 Å². The van der Waals surface area contributed by atoms with Gasteiger partial charge in [-0.1, -0.05) is 0 Å². The van der Waals surface area contributed by atoms with Crippen LogP contribution >= 0.6 is 0 Å². The fourth-order valence-electron chi connectivity index (χ4n) is 2.22. The Bertz CT molecular complexity index is 569. The SMILES string of the molecule is OC1c2c(OCC(F)F)ccc(C(F)(F)F)c2C(F)C1(F)F. The number of aliphatic hydroxyl groups excluding tert-OH is 1. The Morgan fingerprint density at radius 3 is 2.27 bits per heavy atom. The van der Waals surface area contributed by atoms with Crippen LogP contribution in [0.4, 0.5) is 35.1 Å². The van der Waals surface area contributed by atoms with Crippen molar-refractivity contribution in [2.24, 2.45) is 0 Å². The summed E-state index contributed by atoms with van der Waals surface area (Å²) in [6.45, 7) is -1.30. The van der Waals surface area contributed by atoms with Crippen molar-refractivity contribution in [1.29, 1.82) is 0 Å². The normalized spacial score (nSPS) is 23.7. The molecule has 0 fully saturated rings. The van der Waals surface area contributed by atoms with E-state index in [1.165, 1.54) is 0 Å². The van der Waals surface area contributed by atoms with Crippen molar-refractivity contribution in [3.63, 3.8) is 0 Å². The minimum atomic E-state index is -5.16. The van der Waals surface area contributed by atoms with Crippen molar-refractivity contribution in [3.05, 3.63) is 28.8 Å². The summed E-state index contributed by atoms with van der Waals surface area (Å²) in [4.78, 5) is 0. The van der Waals surface area contributed by atoms with E-state index in [0.29, 0.717) is 6.07 Å². The summed E-state index contributed by atoms with van der Waals surface area (Å²) >= 11 is 0. The van der Waals surface area contributed by atoms with Gasteiger partial charge in [0.2, 0.25) is 0 Å². The van der Waals surface area contributed by atoms with Gasteiger partial charge in [-0.25, -0.2) is 13.2 Å². The van der Waals surface area contributed by atoms with E-state index in [1.54, 1.807) is 0 Å². The molecule has 1 N–H and O–H groups in total. The number of hydrogen-bond donors (Lipinski definition) is 1. The van der Waals surface area contributed by atoms with Crippen LogP contribution in [-0.4, -0.2) is 24.1 Å². The zero-order valence-electron chi connectivity index (χ0n) is 10.5. The van der Waals surface area contributed by atoms with Crippen molar-refractivity contribution < 1.29 is 45.0 Å². The molecule has 1 aliphatic carbocycles. The van der Waals surface area contributed by atoms with E-state index in [9.17, 15) is 40.2 Å². The number of hydrogen-bond acceptors (Lipinski definition) is 2. The van der Waals surface area contributed by atoms with Crippen molar-refractivity contribution in [3.8, 4) is 5.75 Å². The van der Waals surface area contributed by atoms with E-state index in [2.05, 4.69) is 4.74 Å². The van der Waals surface area contributed by atoms with Gasteiger partial charge in [-0.05, 0) is 12.1 Å². The molecule has 1 aromatic rings. The van der Waals surface area contributed by atoms with Crippen molar-refractivity contribution in [1.82, 2.24) is 0 Å². The molecule has 1 aliphatic rings. The molecule has 0 amide bonds. The van der Waals surface area contributed by atoms with Gasteiger partial charge < -0.3 is 9.84 Å². The first kappa shape index (κ1) is 16.8. The van der Waals surface area contributed by atoms with E-state index < -0.39 is 59.8 Å². The highest BCUT2D eigenvalue weighted by atomic mass is 19.4. The maximum atomic E-state index is 13.7. The van der Waals surface area contributed by atoms with Crippen molar-refractivity contribution in [2.75, 3.05) is 6.61 Å². The smallest absolute Gasteiger partial charge is 0.416 e. The summed E-state index contributed by atoms with van der Waals surface area (Å²) in [5.41, 5.74) is -4.36. The predicted molar refractivity (Wildman–Crippen MR) is 56.7 cm³/mol. The van der Waals surface area contributed by atoms with E-state index in [-0.39, 0.29) is 6.07 Å². The summed E-state index contributed by atoms with van der Waals surface area (Å²) in [5, 5.41) is 9.39. The second kappa shape index (κ2) is 5.25. The average molecular weight is 336 g/mol. The van der Waals surface area contributed by atoms with Crippen LogP contribution in [0.15, 0.2) is 12.1 Å². The van der Waals surface area contributed by atoms with Gasteiger partial charge in [0.1, 0.15) is 18.5 Å². The minimum Gasteiger partial charge on any atom is -0.487 e.